The Morgan fingerprint density at radius 1 is 1.06 bits per heavy atom. The molecule has 0 radical (unpaired) electrons. The van der Waals surface area contributed by atoms with Crippen LogP contribution in [0.4, 0.5) is 0 Å². The van der Waals surface area contributed by atoms with Crippen molar-refractivity contribution >= 4 is 11.9 Å². The highest BCUT2D eigenvalue weighted by Gasteiger charge is 2.16. The number of benzene rings is 2. The van der Waals surface area contributed by atoms with Crippen LogP contribution in [0.25, 0.3) is 5.69 Å². The first-order valence-corrected chi connectivity index (χ1v) is 11.2. The Kier molecular flexibility index (Phi) is 7.17. The minimum Gasteiger partial charge on any atom is -0.462 e. The van der Waals surface area contributed by atoms with E-state index in [-0.39, 0.29) is 5.91 Å². The van der Waals surface area contributed by atoms with E-state index < -0.39 is 5.97 Å². The van der Waals surface area contributed by atoms with Gasteiger partial charge in [-0.2, -0.15) is 5.10 Å². The number of carbonyl (C=O) groups is 2. The van der Waals surface area contributed by atoms with Gasteiger partial charge in [-0.25, -0.2) is 14.5 Å². The molecule has 0 aliphatic rings. The van der Waals surface area contributed by atoms with Gasteiger partial charge in [0.2, 0.25) is 0 Å². The molecule has 0 aliphatic heterocycles. The third-order valence-electron chi connectivity index (χ3n) is 5.51. The molecule has 2 heterocycles. The van der Waals surface area contributed by atoms with Crippen molar-refractivity contribution in [3.05, 3.63) is 101 Å². The number of rotatable bonds is 9. The molecule has 8 heteroatoms. The summed E-state index contributed by atoms with van der Waals surface area (Å²) in [5.41, 5.74) is 3.61. The zero-order chi connectivity index (χ0) is 23.9. The van der Waals surface area contributed by atoms with Gasteiger partial charge in [0, 0.05) is 37.5 Å². The summed E-state index contributed by atoms with van der Waals surface area (Å²) in [4.78, 5) is 29.1. The summed E-state index contributed by atoms with van der Waals surface area (Å²) in [6.45, 7) is 5.11. The van der Waals surface area contributed by atoms with Gasteiger partial charge < -0.3 is 14.6 Å². The molecule has 0 aliphatic carbocycles. The summed E-state index contributed by atoms with van der Waals surface area (Å²) in [7, 11) is 0. The van der Waals surface area contributed by atoms with Crippen LogP contribution in [-0.2, 0) is 17.7 Å². The molecule has 174 valence electrons. The van der Waals surface area contributed by atoms with Gasteiger partial charge in [0.15, 0.2) is 0 Å². The molecule has 0 saturated carbocycles. The molecule has 8 nitrogen and oxygen atoms in total. The first kappa shape index (κ1) is 23.0. The molecule has 0 atom stereocenters. The summed E-state index contributed by atoms with van der Waals surface area (Å²) in [6.07, 6.45) is 5.86. The van der Waals surface area contributed by atoms with E-state index in [1.54, 1.807) is 42.1 Å². The van der Waals surface area contributed by atoms with E-state index in [9.17, 15) is 9.59 Å². The van der Waals surface area contributed by atoms with E-state index in [1.165, 1.54) is 11.8 Å². The Morgan fingerprint density at radius 2 is 1.82 bits per heavy atom. The van der Waals surface area contributed by atoms with Crippen molar-refractivity contribution in [1.29, 1.82) is 0 Å². The third kappa shape index (κ3) is 5.23. The maximum Gasteiger partial charge on any atom is 0.341 e. The molecule has 0 spiro atoms. The van der Waals surface area contributed by atoms with Crippen LogP contribution in [0, 0.1) is 6.92 Å². The van der Waals surface area contributed by atoms with Crippen molar-refractivity contribution in [1.82, 2.24) is 24.6 Å². The molecule has 0 fully saturated rings. The molecule has 1 amide bonds. The summed E-state index contributed by atoms with van der Waals surface area (Å²) < 4.78 is 8.80. The Morgan fingerprint density at radius 3 is 2.56 bits per heavy atom. The average Bonchev–Trinajstić information content (AvgIpc) is 3.46. The Labute approximate surface area is 198 Å². The Balaban J connectivity index is 1.34. The van der Waals surface area contributed by atoms with Gasteiger partial charge in [0.05, 0.1) is 24.2 Å². The predicted octanol–water partition coefficient (Wildman–Crippen LogP) is 3.57. The van der Waals surface area contributed by atoms with Crippen molar-refractivity contribution in [3.8, 4) is 5.69 Å². The highest BCUT2D eigenvalue weighted by molar-refractivity contribution is 5.94. The molecule has 2 aromatic heterocycles. The lowest BCUT2D eigenvalue weighted by Gasteiger charge is -2.10. The van der Waals surface area contributed by atoms with Gasteiger partial charge in [-0.3, -0.25) is 4.79 Å². The van der Waals surface area contributed by atoms with Crippen molar-refractivity contribution < 1.29 is 14.3 Å². The number of aromatic nitrogens is 4. The second-order valence-electron chi connectivity index (χ2n) is 7.79. The van der Waals surface area contributed by atoms with Crippen molar-refractivity contribution in [3.63, 3.8) is 0 Å². The molecule has 4 aromatic rings. The van der Waals surface area contributed by atoms with Crippen molar-refractivity contribution in [2.24, 2.45) is 0 Å². The lowest BCUT2D eigenvalue weighted by Crippen LogP contribution is -2.26. The largest absolute Gasteiger partial charge is 0.462 e. The van der Waals surface area contributed by atoms with Crippen molar-refractivity contribution in [2.45, 2.75) is 26.8 Å². The monoisotopic (exact) mass is 457 g/mol. The Hall–Kier alpha value is -4.20. The fourth-order valence-electron chi connectivity index (χ4n) is 3.72. The van der Waals surface area contributed by atoms with Crippen LogP contribution >= 0.6 is 0 Å². The van der Waals surface area contributed by atoms with E-state index >= 15 is 0 Å². The number of hydrogen-bond donors (Lipinski definition) is 1. The number of ether oxygens (including phenoxy) is 1. The predicted molar refractivity (Wildman–Crippen MR) is 128 cm³/mol. The first-order valence-electron chi connectivity index (χ1n) is 11.2. The van der Waals surface area contributed by atoms with Gasteiger partial charge in [-0.15, -0.1) is 0 Å². The van der Waals surface area contributed by atoms with E-state index in [2.05, 4.69) is 32.1 Å². The molecule has 4 rings (SSSR count). The smallest absolute Gasteiger partial charge is 0.341 e. The van der Waals surface area contributed by atoms with Crippen LogP contribution in [0.3, 0.4) is 0 Å². The maximum absolute atomic E-state index is 12.6. The second-order valence-corrected chi connectivity index (χ2v) is 7.79. The van der Waals surface area contributed by atoms with Gasteiger partial charge in [-0.1, -0.05) is 30.3 Å². The van der Waals surface area contributed by atoms with Gasteiger partial charge in [0.1, 0.15) is 11.4 Å². The SMILES string of the molecule is CCOC(=O)c1cnn(-c2ccc(C(=O)NCCc3nccn3Cc3ccccc3)cc2)c1C. The molecule has 0 saturated heterocycles. The number of nitrogens with one attached hydrogen (secondary N) is 1. The molecule has 2 aromatic carbocycles. The third-order valence-corrected chi connectivity index (χ3v) is 5.51. The molecule has 0 unspecified atom stereocenters. The standard InChI is InChI=1S/C26H27N5O3/c1-3-34-26(33)23-17-29-31(19(23)2)22-11-9-21(10-12-22)25(32)28-14-13-24-27-15-16-30(24)18-20-7-5-4-6-8-20/h4-12,15-17H,3,13-14,18H2,1-2H3,(H,28,32). The molecule has 1 N–H and O–H groups in total. The van der Waals surface area contributed by atoms with Crippen molar-refractivity contribution in [2.75, 3.05) is 13.2 Å². The normalized spacial score (nSPS) is 10.8. The number of carbonyl (C=O) groups excluding carboxylic acids is 2. The highest BCUT2D eigenvalue weighted by atomic mass is 16.5. The van der Waals surface area contributed by atoms with E-state index in [1.807, 2.05) is 31.3 Å². The van der Waals surface area contributed by atoms with Crippen LogP contribution in [0.5, 0.6) is 0 Å². The lowest BCUT2D eigenvalue weighted by atomic mass is 10.2. The summed E-state index contributed by atoms with van der Waals surface area (Å²) in [5.74, 6) is 0.370. The number of esters is 1. The quantitative estimate of drug-likeness (QED) is 0.388. The molecule has 0 bridgehead atoms. The topological polar surface area (TPSA) is 91.0 Å². The summed E-state index contributed by atoms with van der Waals surface area (Å²) in [6, 6.07) is 17.3. The minimum absolute atomic E-state index is 0.155. The summed E-state index contributed by atoms with van der Waals surface area (Å²) in [5, 5.41) is 7.24. The molecular formula is C26H27N5O3. The Bertz CT molecular complexity index is 1260. The van der Waals surface area contributed by atoms with Crippen LogP contribution < -0.4 is 5.32 Å². The van der Waals surface area contributed by atoms with Gasteiger partial charge in [0.25, 0.3) is 5.91 Å². The number of hydrogen-bond acceptors (Lipinski definition) is 5. The highest BCUT2D eigenvalue weighted by Crippen LogP contribution is 2.16. The maximum atomic E-state index is 12.6. The fourth-order valence-corrected chi connectivity index (χ4v) is 3.72. The number of imidazole rings is 1. The zero-order valence-electron chi connectivity index (χ0n) is 19.3. The molecule has 34 heavy (non-hydrogen) atoms. The number of nitrogens with zero attached hydrogens (tertiary/aromatic N) is 4. The van der Waals surface area contributed by atoms with Crippen LogP contribution in [0.1, 0.15) is 44.7 Å². The average molecular weight is 458 g/mol. The zero-order valence-corrected chi connectivity index (χ0v) is 19.3. The molecular weight excluding hydrogens is 430 g/mol. The van der Waals surface area contributed by atoms with Crippen LogP contribution in [0.15, 0.2) is 73.2 Å². The van der Waals surface area contributed by atoms with Crippen LogP contribution in [-0.4, -0.2) is 44.4 Å². The van der Waals surface area contributed by atoms with Crippen LogP contribution in [0.2, 0.25) is 0 Å². The van der Waals surface area contributed by atoms with E-state index in [0.29, 0.717) is 36.4 Å². The fraction of sp³-hybridized carbons (Fsp3) is 0.231. The van der Waals surface area contributed by atoms with E-state index in [4.69, 9.17) is 4.74 Å². The second kappa shape index (κ2) is 10.6. The van der Waals surface area contributed by atoms with Gasteiger partial charge in [-0.05, 0) is 43.7 Å². The lowest BCUT2D eigenvalue weighted by molar-refractivity contribution is 0.0525. The van der Waals surface area contributed by atoms with Gasteiger partial charge >= 0.3 is 5.97 Å². The summed E-state index contributed by atoms with van der Waals surface area (Å²) >= 11 is 0. The first-order chi connectivity index (χ1) is 16.6. The minimum atomic E-state index is -0.397. The van der Waals surface area contributed by atoms with E-state index in [0.717, 1.165) is 18.1 Å². The number of amides is 1.